The van der Waals surface area contributed by atoms with E-state index in [1.54, 1.807) is 0 Å². The van der Waals surface area contributed by atoms with Crippen LogP contribution in [-0.2, 0) is 0 Å². The number of anilines is 1. The quantitative estimate of drug-likeness (QED) is 0.902. The van der Waals surface area contributed by atoms with Crippen LogP contribution < -0.4 is 10.1 Å². The molecule has 0 spiro atoms. The number of aromatic nitrogens is 2. The Morgan fingerprint density at radius 3 is 2.65 bits per heavy atom. The monoisotopic (exact) mass is 271 g/mol. The van der Waals surface area contributed by atoms with Gasteiger partial charge in [0.15, 0.2) is 0 Å². The molecule has 2 rings (SSSR count). The van der Waals surface area contributed by atoms with Gasteiger partial charge in [-0.15, -0.1) is 0 Å². The fraction of sp³-hybridized carbons (Fsp3) is 0.375. The van der Waals surface area contributed by atoms with E-state index in [1.165, 1.54) is 0 Å². The molecule has 1 heterocycles. The molecule has 1 aromatic heterocycles. The molecule has 4 nitrogen and oxygen atoms in total. The topological polar surface area (TPSA) is 47.0 Å². The number of nitrogens with one attached hydrogen (secondary N) is 1. The Bertz CT molecular complexity index is 596. The van der Waals surface area contributed by atoms with Crippen molar-refractivity contribution in [3.05, 3.63) is 35.7 Å². The zero-order valence-corrected chi connectivity index (χ0v) is 12.5. The lowest BCUT2D eigenvalue weighted by atomic mass is 10.1. The number of ether oxygens (including phenoxy) is 1. The van der Waals surface area contributed by atoms with Crippen molar-refractivity contribution in [2.75, 3.05) is 18.5 Å². The first-order valence-electron chi connectivity index (χ1n) is 6.98. The Balaban J connectivity index is 2.48. The normalized spacial score (nSPS) is 10.4. The van der Waals surface area contributed by atoms with Gasteiger partial charge in [-0.3, -0.25) is 0 Å². The summed E-state index contributed by atoms with van der Waals surface area (Å²) in [5, 5.41) is 3.28. The molecular weight excluding hydrogens is 250 g/mol. The number of hydrogen-bond donors (Lipinski definition) is 1. The molecule has 0 aliphatic rings. The van der Waals surface area contributed by atoms with Gasteiger partial charge in [-0.1, -0.05) is 12.1 Å². The van der Waals surface area contributed by atoms with Gasteiger partial charge in [-0.25, -0.2) is 9.97 Å². The third-order valence-corrected chi connectivity index (χ3v) is 3.02. The van der Waals surface area contributed by atoms with Gasteiger partial charge >= 0.3 is 0 Å². The van der Waals surface area contributed by atoms with E-state index in [9.17, 15) is 0 Å². The molecule has 0 saturated carbocycles. The van der Waals surface area contributed by atoms with Gasteiger partial charge < -0.3 is 10.1 Å². The molecule has 1 aromatic carbocycles. The van der Waals surface area contributed by atoms with E-state index in [4.69, 9.17) is 4.74 Å². The number of aryl methyl sites for hydroxylation is 1. The van der Waals surface area contributed by atoms with Gasteiger partial charge in [0.2, 0.25) is 0 Å². The zero-order chi connectivity index (χ0) is 14.5. The number of hydrogen-bond acceptors (Lipinski definition) is 4. The highest BCUT2D eigenvalue weighted by molar-refractivity contribution is 5.69. The third kappa shape index (κ3) is 3.07. The van der Waals surface area contributed by atoms with Gasteiger partial charge in [-0.2, -0.15) is 0 Å². The Morgan fingerprint density at radius 1 is 1.15 bits per heavy atom. The van der Waals surface area contributed by atoms with Crippen molar-refractivity contribution in [3.63, 3.8) is 0 Å². The van der Waals surface area contributed by atoms with Gasteiger partial charge in [0.25, 0.3) is 0 Å². The summed E-state index contributed by atoms with van der Waals surface area (Å²) in [7, 11) is 0. The molecule has 0 atom stereocenters. The molecule has 4 heteroatoms. The van der Waals surface area contributed by atoms with Crippen LogP contribution in [0.25, 0.3) is 11.3 Å². The van der Waals surface area contributed by atoms with Crippen molar-refractivity contribution in [1.82, 2.24) is 9.97 Å². The molecule has 20 heavy (non-hydrogen) atoms. The summed E-state index contributed by atoms with van der Waals surface area (Å²) in [6.07, 6.45) is 0. The number of benzene rings is 1. The van der Waals surface area contributed by atoms with Gasteiger partial charge in [-0.05, 0) is 39.8 Å². The predicted molar refractivity (Wildman–Crippen MR) is 82.3 cm³/mol. The summed E-state index contributed by atoms with van der Waals surface area (Å²) in [6, 6.07) is 8.02. The van der Waals surface area contributed by atoms with Crippen LogP contribution in [0.15, 0.2) is 24.3 Å². The van der Waals surface area contributed by atoms with Crippen LogP contribution in [0.2, 0.25) is 0 Å². The van der Waals surface area contributed by atoms with Crippen molar-refractivity contribution in [2.45, 2.75) is 27.7 Å². The first-order valence-corrected chi connectivity index (χ1v) is 6.98. The van der Waals surface area contributed by atoms with Crippen LogP contribution in [0.5, 0.6) is 5.75 Å². The maximum atomic E-state index is 5.56. The minimum Gasteiger partial charge on any atom is -0.494 e. The molecule has 1 N–H and O–H groups in total. The second-order valence-corrected chi connectivity index (χ2v) is 4.58. The molecule has 0 fully saturated rings. The van der Waals surface area contributed by atoms with Crippen molar-refractivity contribution in [2.24, 2.45) is 0 Å². The average molecular weight is 271 g/mol. The van der Waals surface area contributed by atoms with Crippen molar-refractivity contribution < 1.29 is 4.74 Å². The van der Waals surface area contributed by atoms with E-state index in [0.29, 0.717) is 6.61 Å². The molecule has 0 aliphatic heterocycles. The third-order valence-electron chi connectivity index (χ3n) is 3.02. The molecule has 0 saturated heterocycles. The molecule has 106 valence electrons. The first kappa shape index (κ1) is 14.3. The minimum atomic E-state index is 0.661. The van der Waals surface area contributed by atoms with Crippen LogP contribution in [0.4, 0.5) is 5.82 Å². The summed E-state index contributed by atoms with van der Waals surface area (Å²) in [4.78, 5) is 9.03. The largest absolute Gasteiger partial charge is 0.494 e. The minimum absolute atomic E-state index is 0.661. The smallest absolute Gasteiger partial charge is 0.133 e. The lowest BCUT2D eigenvalue weighted by molar-refractivity contribution is 0.340. The molecule has 2 aromatic rings. The Morgan fingerprint density at radius 2 is 1.95 bits per heavy atom. The maximum Gasteiger partial charge on any atom is 0.133 e. The first-order chi connectivity index (χ1) is 9.65. The van der Waals surface area contributed by atoms with Gasteiger partial charge in [0.1, 0.15) is 17.4 Å². The summed E-state index contributed by atoms with van der Waals surface area (Å²) in [5.74, 6) is 2.53. The van der Waals surface area contributed by atoms with Crippen LogP contribution in [0.1, 0.15) is 25.2 Å². The average Bonchev–Trinajstić information content (AvgIpc) is 2.43. The van der Waals surface area contributed by atoms with Crippen LogP contribution >= 0.6 is 0 Å². The highest BCUT2D eigenvalue weighted by Gasteiger charge is 2.11. The van der Waals surface area contributed by atoms with Gasteiger partial charge in [0.05, 0.1) is 12.3 Å². The summed E-state index contributed by atoms with van der Waals surface area (Å²) >= 11 is 0. The van der Waals surface area contributed by atoms with Crippen LogP contribution in [-0.4, -0.2) is 23.1 Å². The summed E-state index contributed by atoms with van der Waals surface area (Å²) in [6.45, 7) is 9.50. The van der Waals surface area contributed by atoms with Crippen LogP contribution in [0.3, 0.4) is 0 Å². The SMILES string of the molecule is CCNc1nc(C)nc(-c2cccc(OCC)c2)c1C. The van der Waals surface area contributed by atoms with Crippen molar-refractivity contribution in [1.29, 1.82) is 0 Å². The van der Waals surface area contributed by atoms with Gasteiger partial charge in [0, 0.05) is 17.7 Å². The molecule has 0 radical (unpaired) electrons. The molecule has 0 bridgehead atoms. The van der Waals surface area contributed by atoms with E-state index < -0.39 is 0 Å². The molecule has 0 aliphatic carbocycles. The van der Waals surface area contributed by atoms with E-state index in [-0.39, 0.29) is 0 Å². The van der Waals surface area contributed by atoms with Crippen molar-refractivity contribution in [3.8, 4) is 17.0 Å². The zero-order valence-electron chi connectivity index (χ0n) is 12.5. The fourth-order valence-corrected chi connectivity index (χ4v) is 2.15. The highest BCUT2D eigenvalue weighted by Crippen LogP contribution is 2.28. The molecule has 0 amide bonds. The predicted octanol–water partition coefficient (Wildman–Crippen LogP) is 3.59. The highest BCUT2D eigenvalue weighted by atomic mass is 16.5. The molecular formula is C16H21N3O. The maximum absolute atomic E-state index is 5.56. The standard InChI is InChI=1S/C16H21N3O/c1-5-17-16-11(3)15(18-12(4)19-16)13-8-7-9-14(10-13)20-6-2/h7-10H,5-6H2,1-4H3,(H,17,18,19). The number of nitrogens with zero attached hydrogens (tertiary/aromatic N) is 2. The van der Waals surface area contributed by atoms with Crippen LogP contribution in [0, 0.1) is 13.8 Å². The molecule has 0 unspecified atom stereocenters. The Hall–Kier alpha value is -2.10. The second kappa shape index (κ2) is 6.37. The van der Waals surface area contributed by atoms with E-state index >= 15 is 0 Å². The summed E-state index contributed by atoms with van der Waals surface area (Å²) in [5.41, 5.74) is 3.07. The number of rotatable bonds is 5. The fourth-order valence-electron chi connectivity index (χ4n) is 2.15. The van der Waals surface area contributed by atoms with E-state index in [1.807, 2.05) is 45.0 Å². The Kier molecular flexibility index (Phi) is 4.56. The lowest BCUT2D eigenvalue weighted by Gasteiger charge is -2.13. The van der Waals surface area contributed by atoms with E-state index in [0.717, 1.165) is 40.8 Å². The Labute approximate surface area is 120 Å². The lowest BCUT2D eigenvalue weighted by Crippen LogP contribution is -2.06. The second-order valence-electron chi connectivity index (χ2n) is 4.58. The van der Waals surface area contributed by atoms with Crippen molar-refractivity contribution >= 4 is 5.82 Å². The van der Waals surface area contributed by atoms with E-state index in [2.05, 4.69) is 22.2 Å². The summed E-state index contributed by atoms with van der Waals surface area (Å²) < 4.78 is 5.56.